The lowest BCUT2D eigenvalue weighted by Crippen LogP contribution is -2.35. The number of carbonyl (C=O) groups excluding carboxylic acids is 2. The fraction of sp³-hybridized carbons (Fsp3) is 0.286. The molecular weight excluding hydrogens is 246 g/mol. The number of ether oxygens (including phenoxy) is 1. The number of nitrogens with one attached hydrogen (secondary N) is 1. The first-order chi connectivity index (χ1) is 9.11. The summed E-state index contributed by atoms with van der Waals surface area (Å²) in [5.41, 5.74) is 0.611. The first-order valence-electron chi connectivity index (χ1n) is 6.09. The first kappa shape index (κ1) is 13.1. The standard InChI is InChI=1S/C14H15NO4/c1-3-15-13(16)9(2)18-14(17)12-8-10-6-4-5-7-11(10)19-12/h4-9H,3H2,1-2H3,(H,15,16)/t9-/m0/s1. The lowest BCUT2D eigenvalue weighted by Gasteiger charge is -2.11. The number of hydrogen-bond acceptors (Lipinski definition) is 4. The molecule has 0 aliphatic rings. The molecule has 1 N–H and O–H groups in total. The minimum Gasteiger partial charge on any atom is -0.449 e. The van der Waals surface area contributed by atoms with Crippen molar-refractivity contribution in [2.75, 3.05) is 6.54 Å². The summed E-state index contributed by atoms with van der Waals surface area (Å²) < 4.78 is 10.4. The third kappa shape index (κ3) is 2.93. The molecule has 0 aliphatic carbocycles. The lowest BCUT2D eigenvalue weighted by molar-refractivity contribution is -0.129. The molecule has 1 atom stereocenters. The molecule has 100 valence electrons. The summed E-state index contributed by atoms with van der Waals surface area (Å²) in [6, 6.07) is 8.87. The van der Waals surface area contributed by atoms with Gasteiger partial charge in [-0.1, -0.05) is 18.2 Å². The van der Waals surface area contributed by atoms with E-state index in [0.29, 0.717) is 12.1 Å². The summed E-state index contributed by atoms with van der Waals surface area (Å²) in [6.07, 6.45) is -0.847. The van der Waals surface area contributed by atoms with E-state index in [4.69, 9.17) is 9.15 Å². The highest BCUT2D eigenvalue weighted by Gasteiger charge is 2.20. The van der Waals surface area contributed by atoms with Crippen LogP contribution in [0.25, 0.3) is 11.0 Å². The van der Waals surface area contributed by atoms with Gasteiger partial charge in [0, 0.05) is 11.9 Å². The number of carbonyl (C=O) groups is 2. The fourth-order valence-electron chi connectivity index (χ4n) is 1.67. The van der Waals surface area contributed by atoms with E-state index >= 15 is 0 Å². The Hall–Kier alpha value is -2.30. The van der Waals surface area contributed by atoms with Crippen LogP contribution in [0, 0.1) is 0 Å². The zero-order valence-corrected chi connectivity index (χ0v) is 10.8. The number of esters is 1. The second-order valence-electron chi connectivity index (χ2n) is 4.09. The van der Waals surface area contributed by atoms with Crippen LogP contribution < -0.4 is 5.32 Å². The lowest BCUT2D eigenvalue weighted by atomic mass is 10.2. The average molecular weight is 261 g/mol. The van der Waals surface area contributed by atoms with Crippen molar-refractivity contribution in [3.63, 3.8) is 0 Å². The molecule has 0 saturated heterocycles. The summed E-state index contributed by atoms with van der Waals surface area (Å²) in [6.45, 7) is 3.81. The van der Waals surface area contributed by atoms with Crippen LogP contribution in [0.4, 0.5) is 0 Å². The molecule has 5 heteroatoms. The molecule has 1 heterocycles. The van der Waals surface area contributed by atoms with Gasteiger partial charge in [0.25, 0.3) is 5.91 Å². The first-order valence-corrected chi connectivity index (χ1v) is 6.09. The van der Waals surface area contributed by atoms with Crippen molar-refractivity contribution >= 4 is 22.8 Å². The van der Waals surface area contributed by atoms with Gasteiger partial charge in [-0.25, -0.2) is 4.79 Å². The molecular formula is C14H15NO4. The van der Waals surface area contributed by atoms with Gasteiger partial charge in [0.05, 0.1) is 0 Å². The summed E-state index contributed by atoms with van der Waals surface area (Å²) in [7, 11) is 0. The number of hydrogen-bond donors (Lipinski definition) is 1. The van der Waals surface area contributed by atoms with Crippen molar-refractivity contribution in [2.45, 2.75) is 20.0 Å². The minimum atomic E-state index is -0.847. The van der Waals surface area contributed by atoms with Gasteiger partial charge < -0.3 is 14.5 Å². The van der Waals surface area contributed by atoms with Crippen LogP contribution in [0.5, 0.6) is 0 Å². The molecule has 0 bridgehead atoms. The van der Waals surface area contributed by atoms with Gasteiger partial charge in [-0.2, -0.15) is 0 Å². The van der Waals surface area contributed by atoms with Crippen LogP contribution >= 0.6 is 0 Å². The Kier molecular flexibility index (Phi) is 3.85. The predicted octanol–water partition coefficient (Wildman–Crippen LogP) is 2.11. The van der Waals surface area contributed by atoms with E-state index in [1.54, 1.807) is 19.1 Å². The smallest absolute Gasteiger partial charge is 0.375 e. The van der Waals surface area contributed by atoms with E-state index in [1.165, 1.54) is 6.92 Å². The fourth-order valence-corrected chi connectivity index (χ4v) is 1.67. The van der Waals surface area contributed by atoms with E-state index in [9.17, 15) is 9.59 Å². The Morgan fingerprint density at radius 2 is 2.11 bits per heavy atom. The average Bonchev–Trinajstić information content (AvgIpc) is 2.82. The van der Waals surface area contributed by atoms with E-state index in [2.05, 4.69) is 5.32 Å². The number of amides is 1. The van der Waals surface area contributed by atoms with Crippen molar-refractivity contribution in [3.8, 4) is 0 Å². The second-order valence-corrected chi connectivity index (χ2v) is 4.09. The highest BCUT2D eigenvalue weighted by atomic mass is 16.6. The molecule has 0 unspecified atom stereocenters. The van der Waals surface area contributed by atoms with E-state index in [1.807, 2.05) is 18.2 Å². The third-order valence-electron chi connectivity index (χ3n) is 2.63. The number of benzene rings is 1. The van der Waals surface area contributed by atoms with Crippen LogP contribution in [0.1, 0.15) is 24.4 Å². The number of likely N-dealkylation sites (N-methyl/N-ethyl adjacent to an activating group) is 1. The summed E-state index contributed by atoms with van der Waals surface area (Å²) in [5, 5.41) is 3.40. The van der Waals surface area contributed by atoms with Crippen LogP contribution in [0.3, 0.4) is 0 Å². The molecule has 19 heavy (non-hydrogen) atoms. The molecule has 1 amide bonds. The van der Waals surface area contributed by atoms with Gasteiger partial charge in [0.2, 0.25) is 5.76 Å². The van der Waals surface area contributed by atoms with Gasteiger partial charge in [0.15, 0.2) is 6.10 Å². The van der Waals surface area contributed by atoms with Gasteiger partial charge in [0.1, 0.15) is 5.58 Å². The Morgan fingerprint density at radius 1 is 1.37 bits per heavy atom. The highest BCUT2D eigenvalue weighted by molar-refractivity contribution is 5.94. The highest BCUT2D eigenvalue weighted by Crippen LogP contribution is 2.19. The monoisotopic (exact) mass is 261 g/mol. The topological polar surface area (TPSA) is 68.5 Å². The number of rotatable bonds is 4. The van der Waals surface area contributed by atoms with Gasteiger partial charge >= 0.3 is 5.97 Å². The summed E-state index contributed by atoms with van der Waals surface area (Å²) in [4.78, 5) is 23.3. The van der Waals surface area contributed by atoms with Crippen molar-refractivity contribution < 1.29 is 18.7 Å². The van der Waals surface area contributed by atoms with Crippen molar-refractivity contribution in [1.82, 2.24) is 5.32 Å². The van der Waals surface area contributed by atoms with Gasteiger partial charge in [-0.05, 0) is 26.0 Å². The largest absolute Gasteiger partial charge is 0.449 e. The number of para-hydroxylation sites is 1. The Morgan fingerprint density at radius 3 is 2.79 bits per heavy atom. The van der Waals surface area contributed by atoms with Crippen LogP contribution in [0.15, 0.2) is 34.7 Å². The minimum absolute atomic E-state index is 0.0948. The zero-order valence-electron chi connectivity index (χ0n) is 10.8. The van der Waals surface area contributed by atoms with Crippen LogP contribution in [0.2, 0.25) is 0 Å². The van der Waals surface area contributed by atoms with Gasteiger partial charge in [-0.3, -0.25) is 4.79 Å². The Labute approximate surface area is 110 Å². The molecule has 5 nitrogen and oxygen atoms in total. The van der Waals surface area contributed by atoms with Crippen molar-refractivity contribution in [3.05, 3.63) is 36.1 Å². The Balaban J connectivity index is 2.09. The van der Waals surface area contributed by atoms with Crippen LogP contribution in [-0.2, 0) is 9.53 Å². The molecule has 2 rings (SSSR count). The molecule has 2 aromatic rings. The van der Waals surface area contributed by atoms with Crippen molar-refractivity contribution in [1.29, 1.82) is 0 Å². The summed E-state index contributed by atoms with van der Waals surface area (Å²) >= 11 is 0. The zero-order chi connectivity index (χ0) is 13.8. The predicted molar refractivity (Wildman–Crippen MR) is 69.8 cm³/mol. The maximum atomic E-state index is 11.8. The molecule has 0 aliphatic heterocycles. The van der Waals surface area contributed by atoms with Crippen molar-refractivity contribution in [2.24, 2.45) is 0 Å². The molecule has 0 fully saturated rings. The summed E-state index contributed by atoms with van der Waals surface area (Å²) in [5.74, 6) is -0.876. The Bertz CT molecular complexity index is 569. The van der Waals surface area contributed by atoms with Gasteiger partial charge in [-0.15, -0.1) is 0 Å². The molecule has 1 aromatic heterocycles. The van der Waals surface area contributed by atoms with Crippen LogP contribution in [-0.4, -0.2) is 24.5 Å². The molecule has 0 saturated carbocycles. The van der Waals surface area contributed by atoms with E-state index in [0.717, 1.165) is 5.39 Å². The SMILES string of the molecule is CCNC(=O)[C@H](C)OC(=O)c1cc2ccccc2o1. The maximum absolute atomic E-state index is 11.8. The molecule has 0 radical (unpaired) electrons. The number of fused-ring (bicyclic) bond motifs is 1. The number of furan rings is 1. The molecule has 0 spiro atoms. The van der Waals surface area contributed by atoms with E-state index < -0.39 is 12.1 Å². The maximum Gasteiger partial charge on any atom is 0.375 e. The van der Waals surface area contributed by atoms with E-state index in [-0.39, 0.29) is 11.7 Å². The third-order valence-corrected chi connectivity index (χ3v) is 2.63. The quantitative estimate of drug-likeness (QED) is 0.856. The normalized spacial score (nSPS) is 12.1. The molecule has 1 aromatic carbocycles. The second kappa shape index (κ2) is 5.56.